The molecule has 0 aliphatic carbocycles. The maximum atomic E-state index is 11.9. The molecule has 0 aromatic carbocycles. The van der Waals surface area contributed by atoms with Crippen molar-refractivity contribution in [3.63, 3.8) is 0 Å². The van der Waals surface area contributed by atoms with Crippen LogP contribution in [0.1, 0.15) is 25.7 Å². The van der Waals surface area contributed by atoms with Gasteiger partial charge >= 0.3 is 0 Å². The number of hydrogen-bond acceptors (Lipinski definition) is 5. The van der Waals surface area contributed by atoms with Crippen LogP contribution < -0.4 is 5.32 Å². The highest BCUT2D eigenvalue weighted by Gasteiger charge is 2.37. The van der Waals surface area contributed by atoms with Gasteiger partial charge in [0.25, 0.3) is 0 Å². The van der Waals surface area contributed by atoms with E-state index in [0.29, 0.717) is 6.54 Å². The molecule has 2 saturated heterocycles. The van der Waals surface area contributed by atoms with Gasteiger partial charge in [0, 0.05) is 0 Å². The summed E-state index contributed by atoms with van der Waals surface area (Å²) in [6.45, 7) is 2.13. The van der Waals surface area contributed by atoms with E-state index in [0.717, 1.165) is 25.9 Å². The summed E-state index contributed by atoms with van der Waals surface area (Å²) in [7, 11) is -3.21. The van der Waals surface area contributed by atoms with Gasteiger partial charge in [-0.25, -0.2) is 8.42 Å². The number of nitrogens with zero attached hydrogens (tertiary/aromatic N) is 1. The Bertz CT molecular complexity index is 415. The van der Waals surface area contributed by atoms with Crippen molar-refractivity contribution in [2.45, 2.75) is 37.8 Å². The molecule has 2 atom stereocenters. The predicted molar refractivity (Wildman–Crippen MR) is 71.5 cm³/mol. The third kappa shape index (κ3) is 4.43. The van der Waals surface area contributed by atoms with E-state index in [1.54, 1.807) is 0 Å². The second kappa shape index (κ2) is 6.19. The first kappa shape index (κ1) is 14.7. The van der Waals surface area contributed by atoms with Crippen LogP contribution >= 0.6 is 0 Å². The molecule has 0 spiro atoms. The zero-order chi connectivity index (χ0) is 13.9. The van der Waals surface area contributed by atoms with Gasteiger partial charge in [-0.2, -0.15) is 0 Å². The van der Waals surface area contributed by atoms with E-state index >= 15 is 0 Å². The molecule has 1 amide bonds. The van der Waals surface area contributed by atoms with Crippen LogP contribution in [0.4, 0.5) is 0 Å². The van der Waals surface area contributed by atoms with Gasteiger partial charge in [0.1, 0.15) is 0 Å². The molecule has 2 aliphatic heterocycles. The number of carbonyl (C=O) groups is 1. The van der Waals surface area contributed by atoms with Crippen molar-refractivity contribution in [1.82, 2.24) is 10.2 Å². The summed E-state index contributed by atoms with van der Waals surface area (Å²) in [4.78, 5) is 14.0. The number of sulfone groups is 1. The van der Waals surface area contributed by atoms with Gasteiger partial charge in [-0.15, -0.1) is 0 Å². The monoisotopic (exact) mass is 290 g/mol. The molecule has 0 radical (unpaired) electrons. The molecule has 0 aromatic heterocycles. The van der Waals surface area contributed by atoms with Crippen LogP contribution in [-0.4, -0.2) is 67.6 Å². The lowest BCUT2D eigenvalue weighted by atomic mass is 10.2. The van der Waals surface area contributed by atoms with Crippen LogP contribution in [0.2, 0.25) is 0 Å². The number of likely N-dealkylation sites (tertiary alicyclic amines) is 1. The number of hydrogen-bond donors (Lipinski definition) is 2. The van der Waals surface area contributed by atoms with Gasteiger partial charge < -0.3 is 10.4 Å². The average Bonchev–Trinajstić information content (AvgIpc) is 2.52. The average molecular weight is 290 g/mol. The largest absolute Gasteiger partial charge is 0.390 e. The summed E-state index contributed by atoms with van der Waals surface area (Å²) in [6.07, 6.45) is 3.65. The Morgan fingerprint density at radius 2 is 1.79 bits per heavy atom. The first-order chi connectivity index (χ1) is 8.96. The number of aliphatic hydroxyl groups excluding tert-OH is 1. The molecule has 7 heteroatoms. The summed E-state index contributed by atoms with van der Waals surface area (Å²) >= 11 is 0. The highest BCUT2D eigenvalue weighted by atomic mass is 32.2. The van der Waals surface area contributed by atoms with Crippen LogP contribution in [0, 0.1) is 0 Å². The summed E-state index contributed by atoms with van der Waals surface area (Å²) in [6, 6.07) is -0.649. The smallest absolute Gasteiger partial charge is 0.234 e. The highest BCUT2D eigenvalue weighted by Crippen LogP contribution is 2.13. The fourth-order valence-corrected chi connectivity index (χ4v) is 4.46. The van der Waals surface area contributed by atoms with Crippen molar-refractivity contribution in [2.24, 2.45) is 0 Å². The molecule has 0 aromatic rings. The Labute approximate surface area is 114 Å². The minimum absolute atomic E-state index is 0.153. The van der Waals surface area contributed by atoms with E-state index in [9.17, 15) is 18.3 Å². The minimum atomic E-state index is -3.21. The van der Waals surface area contributed by atoms with E-state index in [-0.39, 0.29) is 17.4 Å². The van der Waals surface area contributed by atoms with E-state index in [4.69, 9.17) is 0 Å². The number of rotatable bonds is 3. The molecule has 110 valence electrons. The fraction of sp³-hybridized carbons (Fsp3) is 0.917. The van der Waals surface area contributed by atoms with Crippen LogP contribution in [0.25, 0.3) is 0 Å². The van der Waals surface area contributed by atoms with Crippen molar-refractivity contribution < 1.29 is 18.3 Å². The quantitative estimate of drug-likeness (QED) is 0.706. The normalized spacial score (nSPS) is 31.8. The first-order valence-electron chi connectivity index (χ1n) is 6.86. The van der Waals surface area contributed by atoms with Crippen LogP contribution in [0.15, 0.2) is 0 Å². The number of amides is 1. The first-order valence-corrected chi connectivity index (χ1v) is 8.69. The molecule has 0 bridgehead atoms. The van der Waals surface area contributed by atoms with Crippen LogP contribution in [0.3, 0.4) is 0 Å². The van der Waals surface area contributed by atoms with Gasteiger partial charge in [0.15, 0.2) is 9.84 Å². The number of carbonyl (C=O) groups excluding carboxylic acids is 1. The molecule has 2 rings (SSSR count). The summed E-state index contributed by atoms with van der Waals surface area (Å²) in [5, 5.41) is 12.3. The summed E-state index contributed by atoms with van der Waals surface area (Å²) in [5.41, 5.74) is 0. The van der Waals surface area contributed by atoms with Gasteiger partial charge in [-0.1, -0.05) is 12.8 Å². The number of aliphatic hydroxyl groups is 1. The van der Waals surface area contributed by atoms with Crippen molar-refractivity contribution >= 4 is 15.7 Å². The maximum absolute atomic E-state index is 11.9. The summed E-state index contributed by atoms with van der Waals surface area (Å²) < 4.78 is 22.7. The third-order valence-corrected chi connectivity index (χ3v) is 5.45. The van der Waals surface area contributed by atoms with E-state index in [2.05, 4.69) is 10.2 Å². The molecule has 0 unspecified atom stereocenters. The Morgan fingerprint density at radius 3 is 2.32 bits per heavy atom. The van der Waals surface area contributed by atoms with Crippen molar-refractivity contribution in [2.75, 3.05) is 31.1 Å². The van der Waals surface area contributed by atoms with Gasteiger partial charge in [0.05, 0.1) is 30.2 Å². The second-order valence-corrected chi connectivity index (χ2v) is 7.66. The standard InChI is InChI=1S/C12H22N2O4S/c15-11-9-19(17,18)8-10(11)13-12(16)7-14-5-3-1-2-4-6-14/h10-11,15H,1-9H2,(H,13,16)/t10-,11-/m1/s1. The topological polar surface area (TPSA) is 86.7 Å². The Kier molecular flexibility index (Phi) is 4.81. The predicted octanol–water partition coefficient (Wildman–Crippen LogP) is -0.863. The maximum Gasteiger partial charge on any atom is 0.234 e. The lowest BCUT2D eigenvalue weighted by Crippen LogP contribution is -2.47. The molecule has 2 fully saturated rings. The minimum Gasteiger partial charge on any atom is -0.390 e. The molecular weight excluding hydrogens is 268 g/mol. The van der Waals surface area contributed by atoms with Gasteiger partial charge in [0.2, 0.25) is 5.91 Å². The van der Waals surface area contributed by atoms with Crippen LogP contribution in [-0.2, 0) is 14.6 Å². The van der Waals surface area contributed by atoms with Crippen molar-refractivity contribution in [1.29, 1.82) is 0 Å². The van der Waals surface area contributed by atoms with Crippen molar-refractivity contribution in [3.05, 3.63) is 0 Å². The van der Waals surface area contributed by atoms with Crippen molar-refractivity contribution in [3.8, 4) is 0 Å². The Hall–Kier alpha value is -0.660. The molecule has 2 heterocycles. The molecular formula is C12H22N2O4S. The Morgan fingerprint density at radius 1 is 1.16 bits per heavy atom. The molecule has 2 N–H and O–H groups in total. The lowest BCUT2D eigenvalue weighted by Gasteiger charge is -2.21. The fourth-order valence-electron chi connectivity index (χ4n) is 2.72. The molecule has 6 nitrogen and oxygen atoms in total. The molecule has 0 saturated carbocycles. The lowest BCUT2D eigenvalue weighted by molar-refractivity contribution is -0.123. The molecule has 19 heavy (non-hydrogen) atoms. The summed E-state index contributed by atoms with van der Waals surface area (Å²) in [5.74, 6) is -0.593. The van der Waals surface area contributed by atoms with Crippen LogP contribution in [0.5, 0.6) is 0 Å². The van der Waals surface area contributed by atoms with Gasteiger partial charge in [-0.3, -0.25) is 9.69 Å². The van der Waals surface area contributed by atoms with E-state index in [1.807, 2.05) is 0 Å². The SMILES string of the molecule is O=C(CN1CCCCCC1)N[C@@H]1CS(=O)(=O)C[C@H]1O. The second-order valence-electron chi connectivity index (χ2n) is 5.51. The van der Waals surface area contributed by atoms with E-state index < -0.39 is 22.0 Å². The van der Waals surface area contributed by atoms with E-state index in [1.165, 1.54) is 12.8 Å². The highest BCUT2D eigenvalue weighted by molar-refractivity contribution is 7.91. The Balaban J connectivity index is 1.81. The molecule has 2 aliphatic rings. The third-order valence-electron chi connectivity index (χ3n) is 3.73. The zero-order valence-electron chi connectivity index (χ0n) is 11.0. The zero-order valence-corrected chi connectivity index (χ0v) is 11.9. The van der Waals surface area contributed by atoms with Gasteiger partial charge in [-0.05, 0) is 25.9 Å². The number of nitrogens with one attached hydrogen (secondary N) is 1.